The molecule has 0 bridgehead atoms. The predicted octanol–water partition coefficient (Wildman–Crippen LogP) is 8.63. The quantitative estimate of drug-likeness (QED) is 0.252. The highest BCUT2D eigenvalue weighted by Crippen LogP contribution is 2.58. The van der Waals surface area contributed by atoms with Gasteiger partial charge in [-0.05, 0) is 45.8 Å². The van der Waals surface area contributed by atoms with E-state index >= 15 is 0 Å². The molecule has 0 radical (unpaired) electrons. The largest absolute Gasteiger partial charge is 0.472 e. The lowest BCUT2D eigenvalue weighted by molar-refractivity contribution is 0.163. The van der Waals surface area contributed by atoms with E-state index in [1.165, 1.54) is 11.1 Å². The molecule has 0 spiro atoms. The van der Waals surface area contributed by atoms with Crippen LogP contribution >= 0.6 is 0 Å². The normalized spacial score (nSPS) is 16.2. The molecule has 0 amide bonds. The first kappa shape index (κ1) is 21.1. The van der Waals surface area contributed by atoms with E-state index in [0.29, 0.717) is 0 Å². The number of benzene rings is 5. The van der Waals surface area contributed by atoms with Crippen molar-refractivity contribution in [3.63, 3.8) is 0 Å². The number of hydrogen-bond donors (Lipinski definition) is 0. The first-order valence-corrected chi connectivity index (χ1v) is 12.4. The van der Waals surface area contributed by atoms with Crippen LogP contribution in [0.1, 0.15) is 41.7 Å². The van der Waals surface area contributed by atoms with Gasteiger partial charge in [0.15, 0.2) is 5.60 Å². The second-order valence-electron chi connectivity index (χ2n) is 10.3. The molecule has 0 saturated heterocycles. The topological polar surface area (TPSA) is 9.23 Å². The van der Waals surface area contributed by atoms with Crippen molar-refractivity contribution in [1.29, 1.82) is 0 Å². The van der Waals surface area contributed by atoms with Gasteiger partial charge in [-0.3, -0.25) is 0 Å². The SMILES string of the molecule is CC1(C)c2cc(F)ccc2-c2c1c1c(c3ccccc23)OC(c2ccccc2)(c2ccccc2)C=C1. The van der Waals surface area contributed by atoms with Crippen molar-refractivity contribution in [3.05, 3.63) is 143 Å². The van der Waals surface area contributed by atoms with Crippen molar-refractivity contribution in [2.45, 2.75) is 24.9 Å². The van der Waals surface area contributed by atoms with Crippen molar-refractivity contribution in [2.75, 3.05) is 0 Å². The Morgan fingerprint density at radius 1 is 0.694 bits per heavy atom. The summed E-state index contributed by atoms with van der Waals surface area (Å²) >= 11 is 0. The molecule has 1 aliphatic heterocycles. The lowest BCUT2D eigenvalue weighted by atomic mass is 9.77. The number of rotatable bonds is 2. The van der Waals surface area contributed by atoms with Gasteiger partial charge in [-0.2, -0.15) is 0 Å². The summed E-state index contributed by atoms with van der Waals surface area (Å²) in [6.45, 7) is 4.38. The molecule has 5 aromatic carbocycles. The van der Waals surface area contributed by atoms with Crippen molar-refractivity contribution >= 4 is 16.8 Å². The van der Waals surface area contributed by atoms with Gasteiger partial charge in [-0.1, -0.05) is 111 Å². The highest BCUT2D eigenvalue weighted by atomic mass is 19.1. The summed E-state index contributed by atoms with van der Waals surface area (Å²) in [5.74, 6) is 0.674. The molecular formula is C34H25FO. The van der Waals surface area contributed by atoms with Crippen LogP contribution in [0.25, 0.3) is 28.0 Å². The minimum atomic E-state index is -0.756. The molecule has 0 aromatic heterocycles. The van der Waals surface area contributed by atoms with Gasteiger partial charge < -0.3 is 4.74 Å². The summed E-state index contributed by atoms with van der Waals surface area (Å²) in [6, 6.07) is 34.4. The number of fused-ring (bicyclic) bond motifs is 8. The monoisotopic (exact) mass is 468 g/mol. The third-order valence-electron chi connectivity index (χ3n) is 7.91. The Hall–Kier alpha value is -4.17. The van der Waals surface area contributed by atoms with Crippen LogP contribution < -0.4 is 4.74 Å². The maximum Gasteiger partial charge on any atom is 0.178 e. The molecular weight excluding hydrogens is 443 g/mol. The maximum atomic E-state index is 14.4. The first-order valence-electron chi connectivity index (χ1n) is 12.4. The van der Waals surface area contributed by atoms with Gasteiger partial charge in [0.05, 0.1) is 0 Å². The summed E-state index contributed by atoms with van der Waals surface area (Å²) in [5, 5.41) is 2.20. The van der Waals surface area contributed by atoms with E-state index < -0.39 is 5.60 Å². The van der Waals surface area contributed by atoms with E-state index in [4.69, 9.17) is 4.74 Å². The summed E-state index contributed by atoms with van der Waals surface area (Å²) in [5.41, 5.74) is 6.61. The average molecular weight is 469 g/mol. The van der Waals surface area contributed by atoms with Gasteiger partial charge >= 0.3 is 0 Å². The predicted molar refractivity (Wildman–Crippen MR) is 145 cm³/mol. The fourth-order valence-electron chi connectivity index (χ4n) is 6.26. The summed E-state index contributed by atoms with van der Waals surface area (Å²) in [7, 11) is 0. The standard InChI is InChI=1S/C34H25FO/c1-33(2)29-21-24(35)17-18-27(29)30-25-15-9-10-16-26(25)32-28(31(30)33)19-20-34(36-32,22-11-5-3-6-12-22)23-13-7-4-8-14-23/h3-21H,1-2H3. The molecule has 1 aliphatic carbocycles. The molecule has 2 aliphatic rings. The van der Waals surface area contributed by atoms with Crippen molar-refractivity contribution in [3.8, 4) is 16.9 Å². The third kappa shape index (κ3) is 2.76. The van der Waals surface area contributed by atoms with Crippen LogP contribution in [-0.4, -0.2) is 0 Å². The van der Waals surface area contributed by atoms with E-state index in [0.717, 1.165) is 44.3 Å². The molecule has 0 unspecified atom stereocenters. The zero-order chi connectivity index (χ0) is 24.5. The molecule has 36 heavy (non-hydrogen) atoms. The van der Waals surface area contributed by atoms with Crippen molar-refractivity contribution in [1.82, 2.24) is 0 Å². The summed E-state index contributed by atoms with van der Waals surface area (Å²) in [6.07, 6.45) is 4.42. The Balaban J connectivity index is 1.57. The van der Waals surface area contributed by atoms with Crippen LogP contribution in [0.2, 0.25) is 0 Å². The van der Waals surface area contributed by atoms with Crippen LogP contribution in [0.3, 0.4) is 0 Å². The molecule has 7 rings (SSSR count). The molecule has 0 atom stereocenters. The zero-order valence-electron chi connectivity index (χ0n) is 20.3. The van der Waals surface area contributed by atoms with Crippen LogP contribution in [0, 0.1) is 5.82 Å². The Kier molecular flexibility index (Phi) is 4.35. The molecule has 1 heterocycles. The van der Waals surface area contributed by atoms with Gasteiger partial charge in [0.2, 0.25) is 0 Å². The Bertz CT molecular complexity index is 1640. The number of hydrogen-bond acceptors (Lipinski definition) is 1. The molecule has 5 aromatic rings. The fraction of sp³-hybridized carbons (Fsp3) is 0.118. The van der Waals surface area contributed by atoms with Gasteiger partial charge in [0.25, 0.3) is 0 Å². The lowest BCUT2D eigenvalue weighted by Crippen LogP contribution is -2.35. The molecule has 0 saturated carbocycles. The Labute approximate surface area is 210 Å². The second kappa shape index (κ2) is 7.41. The molecule has 1 nitrogen and oxygen atoms in total. The zero-order valence-corrected chi connectivity index (χ0v) is 20.3. The van der Waals surface area contributed by atoms with E-state index in [1.807, 2.05) is 18.2 Å². The van der Waals surface area contributed by atoms with Crippen LogP contribution in [0.5, 0.6) is 5.75 Å². The van der Waals surface area contributed by atoms with Gasteiger partial charge in [-0.15, -0.1) is 0 Å². The molecule has 174 valence electrons. The highest BCUT2D eigenvalue weighted by Gasteiger charge is 2.44. The van der Waals surface area contributed by atoms with Crippen molar-refractivity contribution < 1.29 is 9.13 Å². The molecule has 0 fully saturated rings. The Morgan fingerprint density at radius 2 is 1.31 bits per heavy atom. The number of halogens is 1. The lowest BCUT2D eigenvalue weighted by Gasteiger charge is -2.38. The van der Waals surface area contributed by atoms with Gasteiger partial charge in [0, 0.05) is 27.5 Å². The highest BCUT2D eigenvalue weighted by molar-refractivity contribution is 6.08. The fourth-order valence-corrected chi connectivity index (χ4v) is 6.26. The maximum absolute atomic E-state index is 14.4. The van der Waals surface area contributed by atoms with Gasteiger partial charge in [-0.25, -0.2) is 4.39 Å². The van der Waals surface area contributed by atoms with Crippen LogP contribution in [0.15, 0.2) is 109 Å². The summed E-state index contributed by atoms with van der Waals surface area (Å²) < 4.78 is 21.6. The van der Waals surface area contributed by atoms with Gasteiger partial charge in [0.1, 0.15) is 11.6 Å². The minimum absolute atomic E-state index is 0.202. The Morgan fingerprint density at radius 3 is 1.97 bits per heavy atom. The van der Waals surface area contributed by atoms with E-state index in [-0.39, 0.29) is 11.2 Å². The van der Waals surface area contributed by atoms with Crippen LogP contribution in [0.4, 0.5) is 4.39 Å². The first-order chi connectivity index (χ1) is 17.5. The summed E-state index contributed by atoms with van der Waals surface area (Å²) in [4.78, 5) is 0. The second-order valence-corrected chi connectivity index (χ2v) is 10.3. The van der Waals surface area contributed by atoms with Crippen LogP contribution in [-0.2, 0) is 11.0 Å². The number of ether oxygens (including phenoxy) is 1. The van der Waals surface area contributed by atoms with E-state index in [9.17, 15) is 4.39 Å². The third-order valence-corrected chi connectivity index (χ3v) is 7.91. The van der Waals surface area contributed by atoms with Crippen molar-refractivity contribution in [2.24, 2.45) is 0 Å². The smallest absolute Gasteiger partial charge is 0.178 e. The minimum Gasteiger partial charge on any atom is -0.472 e. The van der Waals surface area contributed by atoms with E-state index in [2.05, 4.69) is 98.8 Å². The molecule has 2 heteroatoms. The molecule has 0 N–H and O–H groups in total. The average Bonchev–Trinajstić information content (AvgIpc) is 3.16. The van der Waals surface area contributed by atoms with E-state index in [1.54, 1.807) is 12.1 Å².